The lowest BCUT2D eigenvalue weighted by molar-refractivity contribution is -0.272. The molecule has 0 bridgehead atoms. The van der Waals surface area contributed by atoms with E-state index in [2.05, 4.69) is 15.5 Å². The summed E-state index contributed by atoms with van der Waals surface area (Å²) in [6.07, 6.45) is -2.57. The van der Waals surface area contributed by atoms with Gasteiger partial charge >= 0.3 is 12.7 Å². The maximum Gasteiger partial charge on any atom is 0.417 e. The van der Waals surface area contributed by atoms with Gasteiger partial charge in [-0.15, -0.1) is 0 Å². The molecular formula is C31H30F7N5O2. The molecule has 3 heterocycles. The summed E-state index contributed by atoms with van der Waals surface area (Å²) in [6.45, 7) is 0.802. The number of rotatable bonds is 9. The third kappa shape index (κ3) is 6.33. The first-order valence-corrected chi connectivity index (χ1v) is 14.1. The Hall–Kier alpha value is -4.20. The summed E-state index contributed by atoms with van der Waals surface area (Å²) in [4.78, 5) is 13.5. The molecule has 7 nitrogen and oxygen atoms in total. The summed E-state index contributed by atoms with van der Waals surface area (Å²) >= 11 is 0. The Bertz CT molecular complexity index is 1670. The average Bonchev–Trinajstić information content (AvgIpc) is 3.66. The largest absolute Gasteiger partial charge is 0.417 e. The van der Waals surface area contributed by atoms with Gasteiger partial charge in [-0.1, -0.05) is 43.3 Å². The number of nitrogens with one attached hydrogen (secondary N) is 1. The molecule has 1 aliphatic heterocycles. The highest BCUT2D eigenvalue weighted by Crippen LogP contribution is 2.54. The number of halogens is 7. The van der Waals surface area contributed by atoms with E-state index in [1.165, 1.54) is 19.9 Å². The van der Waals surface area contributed by atoms with E-state index in [9.17, 15) is 31.1 Å². The molecule has 1 saturated heterocycles. The van der Waals surface area contributed by atoms with Crippen molar-refractivity contribution in [3.63, 3.8) is 0 Å². The van der Waals surface area contributed by atoms with E-state index in [1.807, 2.05) is 30.3 Å². The average molecular weight is 638 g/mol. The lowest BCUT2D eigenvalue weighted by Crippen LogP contribution is -2.47. The molecule has 5 rings (SSSR count). The van der Waals surface area contributed by atoms with E-state index in [-0.39, 0.29) is 40.0 Å². The number of anilines is 1. The first-order valence-electron chi connectivity index (χ1n) is 14.1. The van der Waals surface area contributed by atoms with Crippen LogP contribution in [0.5, 0.6) is 0 Å². The first-order chi connectivity index (χ1) is 21.2. The van der Waals surface area contributed by atoms with E-state index < -0.39 is 53.8 Å². The van der Waals surface area contributed by atoms with Crippen LogP contribution in [0.4, 0.5) is 36.4 Å². The van der Waals surface area contributed by atoms with E-state index in [0.29, 0.717) is 12.1 Å². The monoisotopic (exact) mass is 637 g/mol. The zero-order valence-electron chi connectivity index (χ0n) is 24.5. The molecule has 240 valence electrons. The van der Waals surface area contributed by atoms with Gasteiger partial charge in [0, 0.05) is 18.0 Å². The maximum atomic E-state index is 15.4. The number of carbonyl (C=O) groups is 1. The number of carbonyl (C=O) groups excluding carboxylic acids is 1. The molecule has 1 N–H and O–H groups in total. The van der Waals surface area contributed by atoms with Gasteiger partial charge < -0.3 is 10.1 Å². The van der Waals surface area contributed by atoms with Gasteiger partial charge in [0.25, 0.3) is 5.91 Å². The molecule has 0 unspecified atom stereocenters. The summed E-state index contributed by atoms with van der Waals surface area (Å²) in [6, 6.07) is 11.5. The minimum absolute atomic E-state index is 0.00819. The fraction of sp³-hybridized carbons (Fsp3) is 0.387. The van der Waals surface area contributed by atoms with Crippen LogP contribution in [-0.4, -0.2) is 43.3 Å². The summed E-state index contributed by atoms with van der Waals surface area (Å²) in [7, 11) is 0. The lowest BCUT2D eigenvalue weighted by atomic mass is 9.75. The van der Waals surface area contributed by atoms with Crippen LogP contribution in [-0.2, 0) is 28.9 Å². The Morgan fingerprint density at radius 3 is 2.42 bits per heavy atom. The van der Waals surface area contributed by atoms with Gasteiger partial charge in [-0.2, -0.15) is 32.1 Å². The molecule has 4 atom stereocenters. The highest BCUT2D eigenvalue weighted by Gasteiger charge is 2.65. The molecule has 2 aromatic heterocycles. The fourth-order valence-electron chi connectivity index (χ4n) is 5.77. The van der Waals surface area contributed by atoms with Crippen molar-refractivity contribution >= 4 is 11.6 Å². The molecule has 14 heteroatoms. The standard InChI is InChI=1S/C31H30F7N5O2/c1-17-25(27(45-30(17,3)31(36,37)38)28(44)40-24-16-43(29(34)35)41-18(24)2)21-11-12-23(32)26(33)22(21)10-9-20-13-39-42(15-20)14-19-7-5-4-6-8-19/h4-8,11-13,15-17,25,27,29H,9-10,14H2,1-3H3,(H,40,44)/t17-,25-,27+,30+/m0/s1. The van der Waals surface area contributed by atoms with Crippen LogP contribution in [0.3, 0.4) is 0 Å². The normalized spacial score (nSPS) is 21.9. The topological polar surface area (TPSA) is 74.0 Å². The van der Waals surface area contributed by atoms with Crippen molar-refractivity contribution in [2.75, 3.05) is 5.32 Å². The van der Waals surface area contributed by atoms with Crippen molar-refractivity contribution < 1.29 is 40.3 Å². The van der Waals surface area contributed by atoms with Crippen molar-refractivity contribution in [3.8, 4) is 0 Å². The fourth-order valence-corrected chi connectivity index (χ4v) is 5.77. The molecule has 0 spiro atoms. The Morgan fingerprint density at radius 2 is 1.78 bits per heavy atom. The second-order valence-electron chi connectivity index (χ2n) is 11.3. The number of benzene rings is 2. The number of amides is 1. The predicted octanol–water partition coefficient (Wildman–Crippen LogP) is 6.97. The third-order valence-corrected chi connectivity index (χ3v) is 8.43. The van der Waals surface area contributed by atoms with E-state index >= 15 is 4.39 Å². The van der Waals surface area contributed by atoms with Crippen molar-refractivity contribution in [3.05, 3.63) is 101 Å². The van der Waals surface area contributed by atoms with Crippen LogP contribution in [0.2, 0.25) is 0 Å². The molecular weight excluding hydrogens is 607 g/mol. The molecule has 45 heavy (non-hydrogen) atoms. The van der Waals surface area contributed by atoms with Gasteiger partial charge in [0.2, 0.25) is 0 Å². The smallest absolute Gasteiger partial charge is 0.352 e. The number of alkyl halides is 5. The quantitative estimate of drug-likeness (QED) is 0.201. The van der Waals surface area contributed by atoms with Gasteiger partial charge in [0.15, 0.2) is 17.2 Å². The molecule has 0 saturated carbocycles. The van der Waals surface area contributed by atoms with Crippen molar-refractivity contribution in [1.29, 1.82) is 0 Å². The van der Waals surface area contributed by atoms with Crippen LogP contribution in [0.1, 0.15) is 54.3 Å². The summed E-state index contributed by atoms with van der Waals surface area (Å²) in [5.74, 6) is -6.34. The SMILES string of the molecule is Cc1nn(C(F)F)cc1NC(=O)[C@@H]1O[C@@](C)(C(F)(F)F)[C@@H](C)[C@H]1c1ccc(F)c(F)c1CCc1cnn(Cc2ccccc2)c1. The van der Waals surface area contributed by atoms with Crippen molar-refractivity contribution in [2.24, 2.45) is 5.92 Å². The molecule has 0 aliphatic carbocycles. The minimum Gasteiger partial charge on any atom is -0.352 e. The molecule has 1 amide bonds. The van der Waals surface area contributed by atoms with Crippen LogP contribution < -0.4 is 5.32 Å². The highest BCUT2D eigenvalue weighted by atomic mass is 19.4. The molecule has 2 aromatic carbocycles. The Balaban J connectivity index is 1.47. The maximum absolute atomic E-state index is 15.4. The first kappa shape index (κ1) is 32.2. The third-order valence-electron chi connectivity index (χ3n) is 8.43. The van der Waals surface area contributed by atoms with Crippen LogP contribution in [0, 0.1) is 24.5 Å². The van der Waals surface area contributed by atoms with E-state index in [1.54, 1.807) is 17.1 Å². The number of nitrogens with zero attached hydrogens (tertiary/aromatic N) is 4. The van der Waals surface area contributed by atoms with Gasteiger partial charge in [-0.05, 0) is 55.0 Å². The summed E-state index contributed by atoms with van der Waals surface area (Å²) in [5.41, 5.74) is -1.56. The number of aromatic nitrogens is 4. The number of hydrogen-bond acceptors (Lipinski definition) is 4. The zero-order chi connectivity index (χ0) is 32.7. The number of aryl methyl sites for hydroxylation is 2. The molecule has 1 aliphatic rings. The highest BCUT2D eigenvalue weighted by molar-refractivity contribution is 5.95. The molecule has 4 aromatic rings. The van der Waals surface area contributed by atoms with Gasteiger partial charge in [0.1, 0.15) is 6.10 Å². The molecule has 0 radical (unpaired) electrons. The minimum atomic E-state index is -4.94. The second-order valence-corrected chi connectivity index (χ2v) is 11.3. The van der Waals surface area contributed by atoms with E-state index in [0.717, 1.165) is 24.8 Å². The Kier molecular flexibility index (Phi) is 8.80. The Morgan fingerprint density at radius 1 is 1.07 bits per heavy atom. The number of ether oxygens (including phenoxy) is 1. The van der Waals surface area contributed by atoms with Gasteiger partial charge in [0.05, 0.1) is 30.3 Å². The summed E-state index contributed by atoms with van der Waals surface area (Å²) in [5, 5.41) is 10.2. The van der Waals surface area contributed by atoms with E-state index in [4.69, 9.17) is 4.74 Å². The van der Waals surface area contributed by atoms with Crippen molar-refractivity contribution in [2.45, 2.75) is 70.5 Å². The van der Waals surface area contributed by atoms with Crippen LogP contribution in [0.15, 0.2) is 61.1 Å². The lowest BCUT2D eigenvalue weighted by Gasteiger charge is -2.32. The summed E-state index contributed by atoms with van der Waals surface area (Å²) < 4.78 is 107. The van der Waals surface area contributed by atoms with Gasteiger partial charge in [-0.25, -0.2) is 13.5 Å². The zero-order valence-corrected chi connectivity index (χ0v) is 24.5. The van der Waals surface area contributed by atoms with Crippen LogP contribution >= 0.6 is 0 Å². The predicted molar refractivity (Wildman–Crippen MR) is 150 cm³/mol. The van der Waals surface area contributed by atoms with Crippen molar-refractivity contribution in [1.82, 2.24) is 19.6 Å². The Labute approximate surface area is 254 Å². The second kappa shape index (κ2) is 12.3. The molecule has 1 fully saturated rings. The number of hydrogen-bond donors (Lipinski definition) is 1. The van der Waals surface area contributed by atoms with Crippen LogP contribution in [0.25, 0.3) is 0 Å². The van der Waals surface area contributed by atoms with Gasteiger partial charge in [-0.3, -0.25) is 9.48 Å².